The number of amides is 1. The summed E-state index contributed by atoms with van der Waals surface area (Å²) in [5.41, 5.74) is 4.75. The molecule has 28 heavy (non-hydrogen) atoms. The fourth-order valence-corrected chi connectivity index (χ4v) is 3.65. The molecule has 0 atom stereocenters. The summed E-state index contributed by atoms with van der Waals surface area (Å²) in [6, 6.07) is 12.0. The first-order valence-corrected chi connectivity index (χ1v) is 11.2. The number of anilines is 2. The molecule has 3 N–H and O–H groups in total. The van der Waals surface area contributed by atoms with E-state index in [0.29, 0.717) is 5.82 Å². The maximum atomic E-state index is 11.4. The fourth-order valence-electron chi connectivity index (χ4n) is 2.67. The molecule has 3 aromatic rings. The molecule has 146 valence electrons. The van der Waals surface area contributed by atoms with E-state index in [9.17, 15) is 4.79 Å². The fraction of sp³-hybridized carbons (Fsp3) is 0.250. The van der Waals surface area contributed by atoms with Crippen LogP contribution in [0.2, 0.25) is 0 Å². The number of nitrogens with zero attached hydrogens (tertiary/aromatic N) is 2. The Kier molecular flexibility index (Phi) is 7.00. The minimum atomic E-state index is -0.150. The van der Waals surface area contributed by atoms with E-state index in [-0.39, 0.29) is 5.91 Å². The van der Waals surface area contributed by atoms with Crippen LogP contribution in [0.25, 0.3) is 22.5 Å². The van der Waals surface area contributed by atoms with Crippen molar-refractivity contribution in [1.82, 2.24) is 15.0 Å². The van der Waals surface area contributed by atoms with Crippen LogP contribution in [-0.2, 0) is 4.79 Å². The largest absolute Gasteiger partial charge is 0.332 e. The van der Waals surface area contributed by atoms with Crippen LogP contribution in [-0.4, -0.2) is 32.9 Å². The van der Waals surface area contributed by atoms with Gasteiger partial charge in [-0.25, -0.2) is 9.97 Å². The van der Waals surface area contributed by atoms with Crippen LogP contribution >= 0.6 is 23.7 Å². The number of nitrogens with one attached hydrogen (secondary N) is 3. The molecule has 0 fully saturated rings. The van der Waals surface area contributed by atoms with Gasteiger partial charge in [-0.05, 0) is 36.9 Å². The highest BCUT2D eigenvalue weighted by Crippen LogP contribution is 2.34. The zero-order valence-electron chi connectivity index (χ0n) is 16.1. The molecular formula is C20H23N5OS2. The van der Waals surface area contributed by atoms with E-state index in [1.807, 2.05) is 24.5 Å². The third-order valence-corrected chi connectivity index (χ3v) is 5.43. The number of thioether (sulfide) groups is 1. The molecule has 8 heteroatoms. The van der Waals surface area contributed by atoms with Gasteiger partial charge in [-0.3, -0.25) is 4.79 Å². The smallest absolute Gasteiger partial charge is 0.222 e. The lowest BCUT2D eigenvalue weighted by Gasteiger charge is -2.08. The first-order valence-electron chi connectivity index (χ1n) is 8.97. The third-order valence-electron chi connectivity index (χ3n) is 3.86. The Bertz CT molecular complexity index is 957. The average molecular weight is 414 g/mol. The van der Waals surface area contributed by atoms with Crippen LogP contribution in [0.4, 0.5) is 11.5 Å². The van der Waals surface area contributed by atoms with Crippen molar-refractivity contribution in [2.24, 2.45) is 0 Å². The number of aromatic amines is 1. The highest BCUT2D eigenvalue weighted by Gasteiger charge is 2.15. The monoisotopic (exact) mass is 413 g/mol. The van der Waals surface area contributed by atoms with Gasteiger partial charge < -0.3 is 15.0 Å². The maximum absolute atomic E-state index is 11.4. The van der Waals surface area contributed by atoms with Gasteiger partial charge in [0.05, 0.1) is 11.4 Å². The van der Waals surface area contributed by atoms with E-state index >= 15 is 0 Å². The lowest BCUT2D eigenvalue weighted by molar-refractivity contribution is -0.114. The van der Waals surface area contributed by atoms with Crippen molar-refractivity contribution in [3.63, 3.8) is 0 Å². The molecule has 0 bridgehead atoms. The van der Waals surface area contributed by atoms with Gasteiger partial charge in [-0.1, -0.05) is 42.8 Å². The summed E-state index contributed by atoms with van der Waals surface area (Å²) in [6.45, 7) is 3.63. The number of aromatic nitrogens is 3. The normalized spacial score (nSPS) is 10.7. The number of carbonyl (C=O) groups is 1. The first kappa shape index (κ1) is 20.3. The Labute approximate surface area is 173 Å². The molecule has 0 radical (unpaired) electrons. The molecule has 0 aliphatic rings. The number of imidazole rings is 1. The number of rotatable bonds is 8. The Balaban J connectivity index is 1.98. The zero-order chi connectivity index (χ0) is 19.9. The topological polar surface area (TPSA) is 82.7 Å². The first-order chi connectivity index (χ1) is 13.6. The Hall–Kier alpha value is -2.45. The Morgan fingerprint density at radius 1 is 1.21 bits per heavy atom. The van der Waals surface area contributed by atoms with Crippen molar-refractivity contribution in [1.29, 1.82) is 0 Å². The SMILES string of the molecule is CCCSNc1cccc(-c2nc(SC)[nH]c2-c2ccnc(NC(C)=O)c2)c1. The second-order valence-electron chi connectivity index (χ2n) is 6.11. The van der Waals surface area contributed by atoms with Crippen molar-refractivity contribution in [3.8, 4) is 22.5 Å². The maximum Gasteiger partial charge on any atom is 0.222 e. The van der Waals surface area contributed by atoms with E-state index in [1.54, 1.807) is 29.9 Å². The van der Waals surface area contributed by atoms with Gasteiger partial charge in [0, 0.05) is 35.7 Å². The summed E-state index contributed by atoms with van der Waals surface area (Å²) < 4.78 is 3.38. The van der Waals surface area contributed by atoms with Crippen LogP contribution in [0, 0.1) is 0 Å². The van der Waals surface area contributed by atoms with Crippen LogP contribution < -0.4 is 10.0 Å². The summed E-state index contributed by atoms with van der Waals surface area (Å²) in [5, 5.41) is 3.57. The highest BCUT2D eigenvalue weighted by molar-refractivity contribution is 8.00. The molecule has 0 aliphatic carbocycles. The molecule has 0 saturated heterocycles. The lowest BCUT2D eigenvalue weighted by Crippen LogP contribution is -2.07. The molecule has 6 nitrogen and oxygen atoms in total. The van der Waals surface area contributed by atoms with Gasteiger partial charge in [0.25, 0.3) is 0 Å². The minimum Gasteiger partial charge on any atom is -0.332 e. The number of benzene rings is 1. The minimum absolute atomic E-state index is 0.150. The third kappa shape index (κ3) is 5.08. The van der Waals surface area contributed by atoms with Gasteiger partial charge in [0.15, 0.2) is 5.16 Å². The van der Waals surface area contributed by atoms with Crippen LogP contribution in [0.5, 0.6) is 0 Å². The van der Waals surface area contributed by atoms with E-state index in [1.165, 1.54) is 6.92 Å². The van der Waals surface area contributed by atoms with E-state index < -0.39 is 0 Å². The average Bonchev–Trinajstić information content (AvgIpc) is 3.13. The van der Waals surface area contributed by atoms with E-state index in [0.717, 1.165) is 45.5 Å². The van der Waals surface area contributed by atoms with Gasteiger partial charge in [0.1, 0.15) is 5.82 Å². The molecule has 1 amide bonds. The number of hydrogen-bond donors (Lipinski definition) is 3. The summed E-state index contributed by atoms with van der Waals surface area (Å²) in [6.07, 6.45) is 4.79. The van der Waals surface area contributed by atoms with Gasteiger partial charge in [-0.15, -0.1) is 0 Å². The second kappa shape index (κ2) is 9.66. The van der Waals surface area contributed by atoms with Crippen LogP contribution in [0.15, 0.2) is 47.8 Å². The van der Waals surface area contributed by atoms with Crippen molar-refractivity contribution < 1.29 is 4.79 Å². The molecular weight excluding hydrogens is 390 g/mol. The van der Waals surface area contributed by atoms with Crippen LogP contribution in [0.3, 0.4) is 0 Å². The standard InChI is InChI=1S/C20H23N5OS2/c1-4-10-28-25-16-7-5-6-14(11-16)18-19(24-20(23-18)27-3)15-8-9-21-17(12-15)22-13(2)26/h5-9,11-12,25H,4,10H2,1-3H3,(H,23,24)(H,21,22,26). The molecule has 1 aromatic carbocycles. The number of H-pyrrole nitrogens is 1. The van der Waals surface area contributed by atoms with E-state index in [4.69, 9.17) is 4.98 Å². The van der Waals surface area contributed by atoms with Crippen molar-refractivity contribution >= 4 is 41.1 Å². The van der Waals surface area contributed by atoms with Crippen molar-refractivity contribution in [2.45, 2.75) is 25.4 Å². The molecule has 2 aromatic heterocycles. The van der Waals surface area contributed by atoms with Crippen molar-refractivity contribution in [2.75, 3.05) is 22.0 Å². The molecule has 2 heterocycles. The van der Waals surface area contributed by atoms with Crippen molar-refractivity contribution in [3.05, 3.63) is 42.6 Å². The molecule has 3 rings (SSSR count). The molecule has 0 unspecified atom stereocenters. The second-order valence-corrected chi connectivity index (χ2v) is 7.81. The zero-order valence-corrected chi connectivity index (χ0v) is 17.7. The van der Waals surface area contributed by atoms with Crippen LogP contribution in [0.1, 0.15) is 20.3 Å². The molecule has 0 aliphatic heterocycles. The predicted octanol–water partition coefficient (Wildman–Crippen LogP) is 5.29. The van der Waals surface area contributed by atoms with Gasteiger partial charge >= 0.3 is 0 Å². The Morgan fingerprint density at radius 3 is 2.82 bits per heavy atom. The number of carbonyl (C=O) groups excluding carboxylic acids is 1. The molecule has 0 saturated carbocycles. The lowest BCUT2D eigenvalue weighted by atomic mass is 10.1. The Morgan fingerprint density at radius 2 is 2.07 bits per heavy atom. The quantitative estimate of drug-likeness (QED) is 0.264. The summed E-state index contributed by atoms with van der Waals surface area (Å²) in [7, 11) is 0. The summed E-state index contributed by atoms with van der Waals surface area (Å²) in [4.78, 5) is 23.7. The van der Waals surface area contributed by atoms with Gasteiger partial charge in [0.2, 0.25) is 5.91 Å². The number of pyridine rings is 1. The summed E-state index contributed by atoms with van der Waals surface area (Å²) >= 11 is 3.25. The highest BCUT2D eigenvalue weighted by atomic mass is 32.2. The van der Waals surface area contributed by atoms with Gasteiger partial charge in [-0.2, -0.15) is 0 Å². The number of hydrogen-bond acceptors (Lipinski definition) is 6. The molecule has 0 spiro atoms. The van der Waals surface area contributed by atoms with E-state index in [2.05, 4.69) is 45.1 Å². The summed E-state index contributed by atoms with van der Waals surface area (Å²) in [5.74, 6) is 1.42. The predicted molar refractivity (Wildman–Crippen MR) is 120 cm³/mol.